The molecular weight excluding hydrogens is 238 g/mol. The summed E-state index contributed by atoms with van der Waals surface area (Å²) in [5.41, 5.74) is 14.3. The Labute approximate surface area is 111 Å². The molecule has 96 valence electrons. The van der Waals surface area contributed by atoms with Crippen LogP contribution in [0.4, 0.5) is 5.82 Å². The molecule has 0 bridgehead atoms. The third-order valence-corrected chi connectivity index (χ3v) is 3.27. The van der Waals surface area contributed by atoms with E-state index in [1.54, 1.807) is 12.3 Å². The van der Waals surface area contributed by atoms with Crippen molar-refractivity contribution in [1.29, 1.82) is 0 Å². The number of hydrogen-bond donors (Lipinski definition) is 2. The molecule has 1 atom stereocenters. The van der Waals surface area contributed by atoms with Crippen LogP contribution in [0.5, 0.6) is 0 Å². The standard InChI is InChI=1S/C14H15N5/c1-9-5-7-17-13(18-9)14(16)6-4-11-10(8-14)2-3-12(15)19-11/h2-7H,8,16H2,1H3,(H2,15,19). The van der Waals surface area contributed by atoms with Crippen LogP contribution in [0.25, 0.3) is 6.08 Å². The molecule has 1 aliphatic carbocycles. The average Bonchev–Trinajstić information content (AvgIpc) is 2.39. The highest BCUT2D eigenvalue weighted by atomic mass is 15.0. The predicted molar refractivity (Wildman–Crippen MR) is 74.0 cm³/mol. The van der Waals surface area contributed by atoms with Crippen molar-refractivity contribution < 1.29 is 0 Å². The Morgan fingerprint density at radius 1 is 1.21 bits per heavy atom. The summed E-state index contributed by atoms with van der Waals surface area (Å²) >= 11 is 0. The van der Waals surface area contributed by atoms with Crippen molar-refractivity contribution in [2.24, 2.45) is 5.73 Å². The van der Waals surface area contributed by atoms with Gasteiger partial charge in [0.2, 0.25) is 0 Å². The van der Waals surface area contributed by atoms with Gasteiger partial charge < -0.3 is 11.5 Å². The molecule has 0 aromatic carbocycles. The van der Waals surface area contributed by atoms with Gasteiger partial charge in [-0.25, -0.2) is 15.0 Å². The zero-order valence-electron chi connectivity index (χ0n) is 10.7. The predicted octanol–water partition coefficient (Wildman–Crippen LogP) is 1.19. The van der Waals surface area contributed by atoms with Crippen molar-refractivity contribution in [3.63, 3.8) is 0 Å². The molecule has 5 nitrogen and oxygen atoms in total. The summed E-state index contributed by atoms with van der Waals surface area (Å²) in [5, 5.41) is 0. The fourth-order valence-corrected chi connectivity index (χ4v) is 2.24. The minimum atomic E-state index is -0.684. The fourth-order valence-electron chi connectivity index (χ4n) is 2.24. The van der Waals surface area contributed by atoms with E-state index in [1.165, 1.54) is 0 Å². The smallest absolute Gasteiger partial charge is 0.152 e. The molecule has 3 rings (SSSR count). The minimum absolute atomic E-state index is 0.514. The molecule has 0 saturated heterocycles. The molecule has 5 heteroatoms. The van der Waals surface area contributed by atoms with Crippen molar-refractivity contribution in [2.75, 3.05) is 5.73 Å². The third-order valence-electron chi connectivity index (χ3n) is 3.27. The zero-order valence-corrected chi connectivity index (χ0v) is 10.7. The summed E-state index contributed by atoms with van der Waals surface area (Å²) in [6, 6.07) is 5.60. The minimum Gasteiger partial charge on any atom is -0.384 e. The molecule has 0 spiro atoms. The maximum atomic E-state index is 6.43. The van der Waals surface area contributed by atoms with E-state index in [-0.39, 0.29) is 0 Å². The van der Waals surface area contributed by atoms with E-state index >= 15 is 0 Å². The highest BCUT2D eigenvalue weighted by molar-refractivity contribution is 5.58. The monoisotopic (exact) mass is 253 g/mol. The maximum absolute atomic E-state index is 6.43. The molecule has 0 amide bonds. The number of anilines is 1. The van der Waals surface area contributed by atoms with E-state index in [9.17, 15) is 0 Å². The van der Waals surface area contributed by atoms with Gasteiger partial charge in [0.15, 0.2) is 5.82 Å². The highest BCUT2D eigenvalue weighted by Gasteiger charge is 2.31. The number of pyridine rings is 1. The van der Waals surface area contributed by atoms with Crippen LogP contribution in [0, 0.1) is 6.92 Å². The number of aryl methyl sites for hydroxylation is 1. The van der Waals surface area contributed by atoms with Crippen molar-refractivity contribution in [2.45, 2.75) is 18.9 Å². The number of hydrogen-bond acceptors (Lipinski definition) is 5. The van der Waals surface area contributed by atoms with E-state index in [2.05, 4.69) is 15.0 Å². The quantitative estimate of drug-likeness (QED) is 0.796. The Morgan fingerprint density at radius 2 is 2.05 bits per heavy atom. The lowest BCUT2D eigenvalue weighted by Gasteiger charge is -2.28. The lowest BCUT2D eigenvalue weighted by atomic mass is 9.85. The third kappa shape index (κ3) is 2.08. The Balaban J connectivity index is 2.04. The van der Waals surface area contributed by atoms with Gasteiger partial charge in [0.05, 0.1) is 11.2 Å². The van der Waals surface area contributed by atoms with Crippen molar-refractivity contribution in [1.82, 2.24) is 15.0 Å². The van der Waals surface area contributed by atoms with Gasteiger partial charge >= 0.3 is 0 Å². The first-order chi connectivity index (χ1) is 9.07. The Kier molecular flexibility index (Phi) is 2.57. The number of rotatable bonds is 1. The van der Waals surface area contributed by atoms with E-state index in [1.807, 2.05) is 31.2 Å². The van der Waals surface area contributed by atoms with E-state index in [0.717, 1.165) is 17.0 Å². The van der Waals surface area contributed by atoms with Crippen LogP contribution >= 0.6 is 0 Å². The lowest BCUT2D eigenvalue weighted by molar-refractivity contribution is 0.513. The molecule has 1 aliphatic rings. The Morgan fingerprint density at radius 3 is 2.84 bits per heavy atom. The molecule has 0 aliphatic heterocycles. The van der Waals surface area contributed by atoms with Crippen LogP contribution < -0.4 is 11.5 Å². The van der Waals surface area contributed by atoms with Gasteiger partial charge in [-0.3, -0.25) is 0 Å². The molecule has 19 heavy (non-hydrogen) atoms. The topological polar surface area (TPSA) is 90.7 Å². The fraction of sp³-hybridized carbons (Fsp3) is 0.214. The van der Waals surface area contributed by atoms with E-state index < -0.39 is 5.54 Å². The number of nitrogen functional groups attached to an aromatic ring is 1. The molecule has 1 unspecified atom stereocenters. The molecule has 0 radical (unpaired) electrons. The van der Waals surface area contributed by atoms with Crippen LogP contribution in [0.2, 0.25) is 0 Å². The normalized spacial score (nSPS) is 21.2. The van der Waals surface area contributed by atoms with Crippen LogP contribution in [-0.2, 0) is 12.0 Å². The van der Waals surface area contributed by atoms with Crippen LogP contribution in [-0.4, -0.2) is 15.0 Å². The first-order valence-electron chi connectivity index (χ1n) is 6.10. The molecule has 0 saturated carbocycles. The second kappa shape index (κ2) is 4.13. The second-order valence-corrected chi connectivity index (χ2v) is 4.85. The summed E-state index contributed by atoms with van der Waals surface area (Å²) in [5.74, 6) is 1.14. The summed E-state index contributed by atoms with van der Waals surface area (Å²) in [7, 11) is 0. The van der Waals surface area contributed by atoms with Crippen LogP contribution in [0.15, 0.2) is 30.5 Å². The van der Waals surface area contributed by atoms with Gasteiger partial charge in [-0.1, -0.05) is 12.1 Å². The average molecular weight is 253 g/mol. The number of aromatic nitrogens is 3. The van der Waals surface area contributed by atoms with E-state index in [4.69, 9.17) is 11.5 Å². The molecule has 4 N–H and O–H groups in total. The first-order valence-corrected chi connectivity index (χ1v) is 6.10. The van der Waals surface area contributed by atoms with Crippen LogP contribution in [0.1, 0.15) is 22.8 Å². The first kappa shape index (κ1) is 11.8. The van der Waals surface area contributed by atoms with Crippen molar-refractivity contribution in [3.8, 4) is 0 Å². The van der Waals surface area contributed by atoms with Gasteiger partial charge in [0.25, 0.3) is 0 Å². The summed E-state index contributed by atoms with van der Waals surface area (Å²) in [6.07, 6.45) is 6.14. The molecule has 2 aromatic rings. The van der Waals surface area contributed by atoms with Crippen molar-refractivity contribution >= 4 is 11.9 Å². The van der Waals surface area contributed by atoms with Gasteiger partial charge in [0.1, 0.15) is 5.82 Å². The van der Waals surface area contributed by atoms with Gasteiger partial charge in [-0.15, -0.1) is 0 Å². The zero-order chi connectivity index (χ0) is 13.5. The Bertz CT molecular complexity index is 665. The number of nitrogens with two attached hydrogens (primary N) is 2. The van der Waals surface area contributed by atoms with Gasteiger partial charge in [-0.05, 0) is 30.7 Å². The number of fused-ring (bicyclic) bond motifs is 1. The largest absolute Gasteiger partial charge is 0.384 e. The summed E-state index contributed by atoms with van der Waals surface area (Å²) < 4.78 is 0. The highest BCUT2D eigenvalue weighted by Crippen LogP contribution is 2.29. The molecule has 2 heterocycles. The summed E-state index contributed by atoms with van der Waals surface area (Å²) in [4.78, 5) is 13.0. The SMILES string of the molecule is Cc1ccnc(C2(N)C=Cc3nc(N)ccc3C2)n1. The van der Waals surface area contributed by atoms with Crippen LogP contribution in [0.3, 0.4) is 0 Å². The molecule has 0 fully saturated rings. The molecule has 2 aromatic heterocycles. The van der Waals surface area contributed by atoms with Gasteiger partial charge in [-0.2, -0.15) is 0 Å². The van der Waals surface area contributed by atoms with E-state index in [0.29, 0.717) is 18.1 Å². The number of nitrogens with zero attached hydrogens (tertiary/aromatic N) is 3. The van der Waals surface area contributed by atoms with Crippen molar-refractivity contribution in [3.05, 3.63) is 53.2 Å². The molecular formula is C14H15N5. The second-order valence-electron chi connectivity index (χ2n) is 4.85. The summed E-state index contributed by atoms with van der Waals surface area (Å²) in [6.45, 7) is 1.93. The Hall–Kier alpha value is -2.27. The van der Waals surface area contributed by atoms with Gasteiger partial charge in [0, 0.05) is 18.3 Å². The lowest BCUT2D eigenvalue weighted by Crippen LogP contribution is -2.40. The maximum Gasteiger partial charge on any atom is 0.152 e.